The van der Waals surface area contributed by atoms with Crippen LogP contribution in [0, 0.1) is 6.92 Å². The van der Waals surface area contributed by atoms with Crippen molar-refractivity contribution in [3.63, 3.8) is 0 Å². The van der Waals surface area contributed by atoms with E-state index in [1.807, 2.05) is 18.3 Å². The van der Waals surface area contributed by atoms with Gasteiger partial charge in [0.2, 0.25) is 0 Å². The second-order valence-corrected chi connectivity index (χ2v) is 5.64. The van der Waals surface area contributed by atoms with Crippen LogP contribution in [0.5, 0.6) is 0 Å². The van der Waals surface area contributed by atoms with E-state index in [-0.39, 0.29) is 6.10 Å². The monoisotopic (exact) mass is 227 g/mol. The van der Waals surface area contributed by atoms with Gasteiger partial charge in [-0.3, -0.25) is 0 Å². The molecular formula is C12H21NOS. The molecule has 3 atom stereocenters. The first-order valence-electron chi connectivity index (χ1n) is 5.49. The van der Waals surface area contributed by atoms with Crippen LogP contribution in [0.25, 0.3) is 0 Å². The lowest BCUT2D eigenvalue weighted by molar-refractivity contribution is 0.168. The molecule has 1 aromatic heterocycles. The zero-order chi connectivity index (χ0) is 11.4. The first-order valence-corrected chi connectivity index (χ1v) is 6.31. The van der Waals surface area contributed by atoms with Crippen LogP contribution < -0.4 is 5.32 Å². The van der Waals surface area contributed by atoms with Gasteiger partial charge in [0.25, 0.3) is 0 Å². The Kier molecular flexibility index (Phi) is 4.77. The van der Waals surface area contributed by atoms with Crippen LogP contribution in [0.15, 0.2) is 12.1 Å². The van der Waals surface area contributed by atoms with Crippen LogP contribution in [-0.4, -0.2) is 17.3 Å². The largest absolute Gasteiger partial charge is 0.393 e. The van der Waals surface area contributed by atoms with Crippen molar-refractivity contribution in [3.05, 3.63) is 21.9 Å². The first kappa shape index (κ1) is 12.7. The normalized spacial score (nSPS) is 17.4. The Morgan fingerprint density at radius 1 is 1.33 bits per heavy atom. The number of nitrogens with one attached hydrogen (secondary N) is 1. The van der Waals surface area contributed by atoms with Gasteiger partial charge in [0.05, 0.1) is 6.10 Å². The summed E-state index contributed by atoms with van der Waals surface area (Å²) in [4.78, 5) is 2.71. The summed E-state index contributed by atoms with van der Waals surface area (Å²) in [6.07, 6.45) is 0.569. The van der Waals surface area contributed by atoms with Gasteiger partial charge in [-0.1, -0.05) is 0 Å². The molecule has 2 nitrogen and oxygen atoms in total. The van der Waals surface area contributed by atoms with Crippen LogP contribution in [0.2, 0.25) is 0 Å². The fourth-order valence-electron chi connectivity index (χ4n) is 1.77. The van der Waals surface area contributed by atoms with E-state index in [2.05, 4.69) is 38.2 Å². The number of aliphatic hydroxyl groups is 1. The number of thiophene rings is 1. The molecule has 2 N–H and O–H groups in total. The Labute approximate surface area is 96.3 Å². The maximum atomic E-state index is 9.27. The molecule has 0 aliphatic heterocycles. The van der Waals surface area contributed by atoms with Crippen molar-refractivity contribution in [2.75, 3.05) is 0 Å². The minimum Gasteiger partial charge on any atom is -0.393 e. The van der Waals surface area contributed by atoms with Crippen LogP contribution in [-0.2, 0) is 0 Å². The van der Waals surface area contributed by atoms with Crippen molar-refractivity contribution in [2.45, 2.75) is 52.3 Å². The molecule has 0 aliphatic rings. The zero-order valence-electron chi connectivity index (χ0n) is 9.95. The van der Waals surface area contributed by atoms with Crippen molar-refractivity contribution >= 4 is 11.3 Å². The summed E-state index contributed by atoms with van der Waals surface area (Å²) >= 11 is 1.83. The average molecular weight is 227 g/mol. The maximum Gasteiger partial charge on any atom is 0.0526 e. The van der Waals surface area contributed by atoms with Gasteiger partial charge in [0.15, 0.2) is 0 Å². The summed E-state index contributed by atoms with van der Waals surface area (Å²) in [6, 6.07) is 5.05. The Hall–Kier alpha value is -0.380. The first-order chi connectivity index (χ1) is 6.99. The highest BCUT2D eigenvalue weighted by Gasteiger charge is 2.12. The third-order valence-corrected chi connectivity index (χ3v) is 3.60. The van der Waals surface area contributed by atoms with Gasteiger partial charge >= 0.3 is 0 Å². The predicted octanol–water partition coefficient (Wildman–Crippen LogP) is 2.87. The quantitative estimate of drug-likeness (QED) is 0.810. The Balaban J connectivity index is 2.45. The molecule has 0 fully saturated rings. The third kappa shape index (κ3) is 4.33. The predicted molar refractivity (Wildman–Crippen MR) is 66.4 cm³/mol. The van der Waals surface area contributed by atoms with Gasteiger partial charge in [-0.25, -0.2) is 0 Å². The van der Waals surface area contributed by atoms with E-state index >= 15 is 0 Å². The van der Waals surface area contributed by atoms with Crippen LogP contribution in [0.1, 0.15) is 43.0 Å². The highest BCUT2D eigenvalue weighted by Crippen LogP contribution is 2.22. The lowest BCUT2D eigenvalue weighted by atomic mass is 10.1. The molecule has 86 valence electrons. The standard InChI is InChI=1S/C12H21NOS/c1-8(7-9(2)14)13-11(4)12-6-5-10(3)15-12/h5-6,8-9,11,13-14H,7H2,1-4H3. The van der Waals surface area contributed by atoms with Crippen molar-refractivity contribution in [2.24, 2.45) is 0 Å². The molecule has 1 aromatic rings. The molecule has 0 spiro atoms. The van der Waals surface area contributed by atoms with Crippen molar-refractivity contribution in [3.8, 4) is 0 Å². The molecule has 0 aromatic carbocycles. The summed E-state index contributed by atoms with van der Waals surface area (Å²) in [5, 5.41) is 12.8. The number of hydrogen-bond donors (Lipinski definition) is 2. The second kappa shape index (κ2) is 5.64. The van der Waals surface area contributed by atoms with Crippen molar-refractivity contribution < 1.29 is 5.11 Å². The topological polar surface area (TPSA) is 32.3 Å². The van der Waals surface area contributed by atoms with E-state index in [9.17, 15) is 5.11 Å². The number of aryl methyl sites for hydroxylation is 1. The van der Waals surface area contributed by atoms with E-state index in [1.54, 1.807) is 0 Å². The third-order valence-electron chi connectivity index (χ3n) is 2.42. The summed E-state index contributed by atoms with van der Waals surface area (Å²) in [7, 11) is 0. The lowest BCUT2D eigenvalue weighted by Crippen LogP contribution is -2.31. The van der Waals surface area contributed by atoms with E-state index in [0.29, 0.717) is 12.1 Å². The summed E-state index contributed by atoms with van der Waals surface area (Å²) in [5.74, 6) is 0. The molecule has 15 heavy (non-hydrogen) atoms. The number of rotatable bonds is 5. The van der Waals surface area contributed by atoms with E-state index < -0.39 is 0 Å². The van der Waals surface area contributed by atoms with Crippen LogP contribution >= 0.6 is 11.3 Å². The van der Waals surface area contributed by atoms with Gasteiger partial charge in [0.1, 0.15) is 0 Å². The molecule has 0 aliphatic carbocycles. The summed E-state index contributed by atoms with van der Waals surface area (Å²) < 4.78 is 0. The lowest BCUT2D eigenvalue weighted by Gasteiger charge is -2.20. The Morgan fingerprint density at radius 3 is 2.47 bits per heavy atom. The van der Waals surface area contributed by atoms with E-state index in [1.165, 1.54) is 9.75 Å². The molecule has 3 unspecified atom stereocenters. The minimum absolute atomic E-state index is 0.232. The fourth-order valence-corrected chi connectivity index (χ4v) is 2.66. The molecular weight excluding hydrogens is 206 g/mol. The molecule has 0 radical (unpaired) electrons. The van der Waals surface area contributed by atoms with E-state index in [0.717, 1.165) is 6.42 Å². The molecule has 3 heteroatoms. The highest BCUT2D eigenvalue weighted by molar-refractivity contribution is 7.12. The van der Waals surface area contributed by atoms with Crippen molar-refractivity contribution in [1.82, 2.24) is 5.32 Å². The second-order valence-electron chi connectivity index (χ2n) is 4.32. The highest BCUT2D eigenvalue weighted by atomic mass is 32.1. The van der Waals surface area contributed by atoms with Gasteiger partial charge in [-0.05, 0) is 46.2 Å². The molecule has 0 saturated carbocycles. The molecule has 1 heterocycles. The smallest absolute Gasteiger partial charge is 0.0526 e. The average Bonchev–Trinajstić information content (AvgIpc) is 2.49. The number of aliphatic hydroxyl groups excluding tert-OH is 1. The maximum absolute atomic E-state index is 9.27. The van der Waals surface area contributed by atoms with Crippen LogP contribution in [0.3, 0.4) is 0 Å². The zero-order valence-corrected chi connectivity index (χ0v) is 10.8. The minimum atomic E-state index is -0.232. The van der Waals surface area contributed by atoms with Crippen molar-refractivity contribution in [1.29, 1.82) is 0 Å². The van der Waals surface area contributed by atoms with Gasteiger partial charge in [0, 0.05) is 21.8 Å². The fraction of sp³-hybridized carbons (Fsp3) is 0.667. The summed E-state index contributed by atoms with van der Waals surface area (Å²) in [5.41, 5.74) is 0. The molecule has 0 saturated heterocycles. The Morgan fingerprint density at radius 2 is 2.00 bits per heavy atom. The SMILES string of the molecule is Cc1ccc(C(C)NC(C)CC(C)O)s1. The van der Waals surface area contributed by atoms with Crippen LogP contribution in [0.4, 0.5) is 0 Å². The van der Waals surface area contributed by atoms with E-state index in [4.69, 9.17) is 0 Å². The summed E-state index contributed by atoms with van der Waals surface area (Å²) in [6.45, 7) is 8.24. The van der Waals surface area contributed by atoms with Gasteiger partial charge in [-0.2, -0.15) is 0 Å². The molecule has 0 amide bonds. The molecule has 1 rings (SSSR count). The Bertz CT molecular complexity index is 296. The number of hydrogen-bond acceptors (Lipinski definition) is 3. The molecule has 0 bridgehead atoms. The van der Waals surface area contributed by atoms with Gasteiger partial charge in [-0.15, -0.1) is 11.3 Å². The van der Waals surface area contributed by atoms with Gasteiger partial charge < -0.3 is 10.4 Å².